The van der Waals surface area contributed by atoms with Crippen LogP contribution < -0.4 is 9.47 Å². The normalized spacial score (nSPS) is 15.0. The molecule has 1 atom stereocenters. The second-order valence-corrected chi connectivity index (χ2v) is 7.83. The van der Waals surface area contributed by atoms with E-state index in [0.29, 0.717) is 24.5 Å². The monoisotopic (exact) mass is 429 g/mol. The molecule has 2 aromatic heterocycles. The predicted octanol–water partition coefficient (Wildman–Crippen LogP) is 3.48. The van der Waals surface area contributed by atoms with Gasteiger partial charge in [0.15, 0.2) is 23.4 Å². The highest BCUT2D eigenvalue weighted by atomic mass is 16.6. The van der Waals surface area contributed by atoms with Gasteiger partial charge in [0.1, 0.15) is 13.2 Å². The minimum atomic E-state index is -0.136. The quantitative estimate of drug-likeness (QED) is 0.437. The van der Waals surface area contributed by atoms with Gasteiger partial charge in [0.2, 0.25) is 5.82 Å². The molecule has 8 heteroatoms. The van der Waals surface area contributed by atoms with Crippen LogP contribution in [0.1, 0.15) is 21.7 Å². The Kier molecular flexibility index (Phi) is 5.18. The fourth-order valence-electron chi connectivity index (χ4n) is 3.95. The van der Waals surface area contributed by atoms with Crippen molar-refractivity contribution in [2.75, 3.05) is 6.61 Å². The van der Waals surface area contributed by atoms with E-state index in [9.17, 15) is 4.79 Å². The molecule has 0 saturated heterocycles. The Labute approximate surface area is 185 Å². The average Bonchev–Trinajstić information content (AvgIpc) is 3.39. The van der Waals surface area contributed by atoms with Crippen molar-refractivity contribution in [2.24, 2.45) is 0 Å². The number of fused-ring (bicyclic) bond motifs is 1. The Morgan fingerprint density at radius 2 is 1.81 bits per heavy atom. The standard InChI is InChI=1S/C24H23N5O3/c1-16-12-20(21(30)14-29-26-24(25-27-29)18-8-4-3-5-9-18)17(2)28(16)13-19-15-31-22-10-6-7-11-23(22)32-19/h3-12,19H,13-15H2,1-2H3/t19-/m0/s1. The lowest BCUT2D eigenvalue weighted by Crippen LogP contribution is -2.33. The van der Waals surface area contributed by atoms with Crippen molar-refractivity contribution in [3.63, 3.8) is 0 Å². The number of Topliss-reactive ketones (excluding diaryl/α,β-unsaturated/α-hetero) is 1. The van der Waals surface area contributed by atoms with Crippen molar-refractivity contribution >= 4 is 5.78 Å². The van der Waals surface area contributed by atoms with Gasteiger partial charge in [-0.1, -0.05) is 42.5 Å². The SMILES string of the molecule is Cc1cc(C(=O)Cn2nnc(-c3ccccc3)n2)c(C)n1C[C@H]1COc2ccccc2O1. The fourth-order valence-corrected chi connectivity index (χ4v) is 3.95. The number of benzene rings is 2. The van der Waals surface area contributed by atoms with Crippen molar-refractivity contribution in [1.29, 1.82) is 0 Å². The molecule has 0 fully saturated rings. The van der Waals surface area contributed by atoms with E-state index >= 15 is 0 Å². The van der Waals surface area contributed by atoms with E-state index in [-0.39, 0.29) is 18.4 Å². The molecule has 0 spiro atoms. The molecule has 32 heavy (non-hydrogen) atoms. The fraction of sp³-hybridized carbons (Fsp3) is 0.250. The summed E-state index contributed by atoms with van der Waals surface area (Å²) in [5.41, 5.74) is 3.39. The Hall–Kier alpha value is -3.94. The van der Waals surface area contributed by atoms with Gasteiger partial charge in [0.25, 0.3) is 0 Å². The van der Waals surface area contributed by atoms with Crippen LogP contribution in [-0.4, -0.2) is 43.3 Å². The van der Waals surface area contributed by atoms with Gasteiger partial charge in [0, 0.05) is 22.5 Å². The molecule has 0 bridgehead atoms. The van der Waals surface area contributed by atoms with E-state index in [1.165, 1.54) is 4.80 Å². The first-order valence-electron chi connectivity index (χ1n) is 10.5. The highest BCUT2D eigenvalue weighted by Crippen LogP contribution is 2.31. The summed E-state index contributed by atoms with van der Waals surface area (Å²) in [6.45, 7) is 5.02. The smallest absolute Gasteiger partial charge is 0.204 e. The number of rotatable bonds is 6. The number of carbonyl (C=O) groups excluding carboxylic acids is 1. The average molecular weight is 429 g/mol. The number of nitrogens with zero attached hydrogens (tertiary/aromatic N) is 5. The molecular weight excluding hydrogens is 406 g/mol. The van der Waals surface area contributed by atoms with Crippen molar-refractivity contribution < 1.29 is 14.3 Å². The van der Waals surface area contributed by atoms with Crippen LogP contribution in [0.15, 0.2) is 60.7 Å². The second kappa shape index (κ2) is 8.30. The first-order valence-corrected chi connectivity index (χ1v) is 10.5. The molecule has 1 aliphatic rings. The summed E-state index contributed by atoms with van der Waals surface area (Å²) in [5.74, 6) is 1.94. The molecule has 0 amide bonds. The maximum absolute atomic E-state index is 13.0. The van der Waals surface area contributed by atoms with Gasteiger partial charge in [0.05, 0.1) is 6.54 Å². The Morgan fingerprint density at radius 3 is 2.62 bits per heavy atom. The van der Waals surface area contributed by atoms with E-state index < -0.39 is 0 Å². The first kappa shape index (κ1) is 20.0. The molecule has 8 nitrogen and oxygen atoms in total. The first-order chi connectivity index (χ1) is 15.6. The van der Waals surface area contributed by atoms with Gasteiger partial charge in [-0.3, -0.25) is 4.79 Å². The molecule has 0 N–H and O–H groups in total. The van der Waals surface area contributed by atoms with E-state index in [1.807, 2.05) is 74.5 Å². The largest absolute Gasteiger partial charge is 0.486 e. The van der Waals surface area contributed by atoms with Gasteiger partial charge >= 0.3 is 0 Å². The Bertz CT molecular complexity index is 1260. The molecule has 0 unspecified atom stereocenters. The molecule has 162 valence electrons. The van der Waals surface area contributed by atoms with E-state index in [0.717, 1.165) is 28.5 Å². The highest BCUT2D eigenvalue weighted by molar-refractivity contribution is 5.97. The number of para-hydroxylation sites is 2. The summed E-state index contributed by atoms with van der Waals surface area (Å²) in [5, 5.41) is 12.5. The topological polar surface area (TPSA) is 84.1 Å². The van der Waals surface area contributed by atoms with Gasteiger partial charge in [-0.2, -0.15) is 4.80 Å². The number of aryl methyl sites for hydroxylation is 1. The van der Waals surface area contributed by atoms with Gasteiger partial charge in [-0.25, -0.2) is 0 Å². The lowest BCUT2D eigenvalue weighted by atomic mass is 10.1. The zero-order valence-corrected chi connectivity index (χ0v) is 17.9. The maximum atomic E-state index is 13.0. The van der Waals surface area contributed by atoms with Crippen molar-refractivity contribution in [1.82, 2.24) is 24.8 Å². The van der Waals surface area contributed by atoms with Crippen LogP contribution in [0.25, 0.3) is 11.4 Å². The van der Waals surface area contributed by atoms with E-state index in [2.05, 4.69) is 20.0 Å². The van der Waals surface area contributed by atoms with Gasteiger partial charge < -0.3 is 14.0 Å². The molecule has 3 heterocycles. The number of hydrogen-bond acceptors (Lipinski definition) is 6. The highest BCUT2D eigenvalue weighted by Gasteiger charge is 2.24. The zero-order chi connectivity index (χ0) is 22.1. The van der Waals surface area contributed by atoms with Crippen LogP contribution in [0.5, 0.6) is 11.5 Å². The molecule has 1 aliphatic heterocycles. The Morgan fingerprint density at radius 1 is 1.06 bits per heavy atom. The summed E-state index contributed by atoms with van der Waals surface area (Å²) in [6, 6.07) is 19.1. The lowest BCUT2D eigenvalue weighted by Gasteiger charge is -2.27. The molecule has 0 saturated carbocycles. The molecule has 2 aromatic carbocycles. The van der Waals surface area contributed by atoms with Crippen LogP contribution in [0.2, 0.25) is 0 Å². The number of carbonyl (C=O) groups is 1. The number of aromatic nitrogens is 5. The van der Waals surface area contributed by atoms with E-state index in [4.69, 9.17) is 9.47 Å². The minimum absolute atomic E-state index is 0.0283. The van der Waals surface area contributed by atoms with Gasteiger partial charge in [-0.05, 0) is 37.3 Å². The third-order valence-electron chi connectivity index (χ3n) is 5.60. The number of tetrazole rings is 1. The van der Waals surface area contributed by atoms with Crippen LogP contribution >= 0.6 is 0 Å². The van der Waals surface area contributed by atoms with Gasteiger partial charge in [-0.15, -0.1) is 10.2 Å². The van der Waals surface area contributed by atoms with Crippen molar-refractivity contribution in [3.8, 4) is 22.9 Å². The molecule has 4 aromatic rings. The predicted molar refractivity (Wildman–Crippen MR) is 118 cm³/mol. The number of ketones is 1. The van der Waals surface area contributed by atoms with Crippen LogP contribution in [0.3, 0.4) is 0 Å². The molecule has 0 aliphatic carbocycles. The number of ether oxygens (including phenoxy) is 2. The third kappa shape index (κ3) is 3.87. The summed E-state index contributed by atoms with van der Waals surface area (Å²) >= 11 is 0. The lowest BCUT2D eigenvalue weighted by molar-refractivity contribution is 0.0777. The zero-order valence-electron chi connectivity index (χ0n) is 17.9. The van der Waals surface area contributed by atoms with Crippen molar-refractivity contribution in [2.45, 2.75) is 33.0 Å². The maximum Gasteiger partial charge on any atom is 0.204 e. The molecule has 5 rings (SSSR count). The third-order valence-corrected chi connectivity index (χ3v) is 5.60. The minimum Gasteiger partial charge on any atom is -0.486 e. The molecule has 0 radical (unpaired) electrons. The van der Waals surface area contributed by atoms with E-state index in [1.54, 1.807) is 0 Å². The summed E-state index contributed by atoms with van der Waals surface area (Å²) in [4.78, 5) is 14.3. The summed E-state index contributed by atoms with van der Waals surface area (Å²) in [6.07, 6.45) is -0.136. The summed E-state index contributed by atoms with van der Waals surface area (Å²) in [7, 11) is 0. The second-order valence-electron chi connectivity index (χ2n) is 7.83. The Balaban J connectivity index is 1.30. The summed E-state index contributed by atoms with van der Waals surface area (Å²) < 4.78 is 14.0. The molecular formula is C24H23N5O3. The van der Waals surface area contributed by atoms with Crippen LogP contribution in [0, 0.1) is 13.8 Å². The van der Waals surface area contributed by atoms with Crippen LogP contribution in [-0.2, 0) is 13.1 Å². The number of hydrogen-bond donors (Lipinski definition) is 0. The van der Waals surface area contributed by atoms with Crippen LogP contribution in [0.4, 0.5) is 0 Å². The van der Waals surface area contributed by atoms with Crippen molar-refractivity contribution in [3.05, 3.63) is 77.6 Å².